The Balaban J connectivity index is 2.64. The molecule has 0 saturated carbocycles. The normalized spacial score (nSPS) is 10.3. The summed E-state index contributed by atoms with van der Waals surface area (Å²) in [7, 11) is 0. The van der Waals surface area contributed by atoms with Crippen LogP contribution in [0, 0.1) is 11.3 Å². The molecule has 1 aromatic heterocycles. The van der Waals surface area contributed by atoms with Crippen molar-refractivity contribution in [2.24, 2.45) is 0 Å². The number of ether oxygens (including phenoxy) is 3. The van der Waals surface area contributed by atoms with Gasteiger partial charge in [0.25, 0.3) is 6.43 Å². The third-order valence-corrected chi connectivity index (χ3v) is 3.61. The first-order valence-electron chi connectivity index (χ1n) is 8.62. The van der Waals surface area contributed by atoms with Crippen molar-refractivity contribution >= 4 is 11.9 Å². The number of carbonyl (C=O) groups is 2. The minimum absolute atomic E-state index is 0.0325. The predicted molar refractivity (Wildman–Crippen MR) is 97.3 cm³/mol. The van der Waals surface area contributed by atoms with E-state index in [2.05, 4.69) is 4.98 Å². The van der Waals surface area contributed by atoms with Gasteiger partial charge in [-0.2, -0.15) is 5.26 Å². The zero-order valence-electron chi connectivity index (χ0n) is 15.8. The summed E-state index contributed by atoms with van der Waals surface area (Å²) in [5, 5.41) is 9.65. The molecular weight excluding hydrogens is 386 g/mol. The SMILES string of the molecule is CCOC(=O)c1cc(COC(C)=O)nc(-c2ccccc2OCC(F)F)c1C#N. The fourth-order valence-corrected chi connectivity index (χ4v) is 2.47. The van der Waals surface area contributed by atoms with Gasteiger partial charge >= 0.3 is 11.9 Å². The molecule has 0 bridgehead atoms. The van der Waals surface area contributed by atoms with Gasteiger partial charge in [0.2, 0.25) is 0 Å². The fourth-order valence-electron chi connectivity index (χ4n) is 2.47. The third kappa shape index (κ3) is 5.72. The second-order valence-corrected chi connectivity index (χ2v) is 5.70. The number of hydrogen-bond acceptors (Lipinski definition) is 7. The van der Waals surface area contributed by atoms with Gasteiger partial charge in [0.1, 0.15) is 25.0 Å². The smallest absolute Gasteiger partial charge is 0.339 e. The maximum Gasteiger partial charge on any atom is 0.339 e. The molecule has 0 radical (unpaired) electrons. The summed E-state index contributed by atoms with van der Waals surface area (Å²) < 4.78 is 40.2. The van der Waals surface area contributed by atoms with Gasteiger partial charge in [-0.15, -0.1) is 0 Å². The van der Waals surface area contributed by atoms with Crippen LogP contribution in [0.4, 0.5) is 8.78 Å². The average Bonchev–Trinajstić information content (AvgIpc) is 2.70. The highest BCUT2D eigenvalue weighted by molar-refractivity contribution is 5.95. The van der Waals surface area contributed by atoms with Crippen molar-refractivity contribution in [1.82, 2.24) is 4.98 Å². The lowest BCUT2D eigenvalue weighted by atomic mass is 10.00. The number of pyridine rings is 1. The summed E-state index contributed by atoms with van der Waals surface area (Å²) in [5.74, 6) is -1.25. The molecule has 0 atom stereocenters. The quantitative estimate of drug-likeness (QED) is 0.621. The molecule has 0 fully saturated rings. The summed E-state index contributed by atoms with van der Waals surface area (Å²) >= 11 is 0. The zero-order valence-corrected chi connectivity index (χ0v) is 15.8. The Bertz CT molecular complexity index is 941. The van der Waals surface area contributed by atoms with Gasteiger partial charge in [-0.25, -0.2) is 18.6 Å². The van der Waals surface area contributed by atoms with Crippen LogP contribution in [0.1, 0.15) is 35.5 Å². The van der Waals surface area contributed by atoms with Crippen molar-refractivity contribution in [3.63, 3.8) is 0 Å². The molecule has 0 unspecified atom stereocenters. The number of esters is 2. The van der Waals surface area contributed by atoms with E-state index < -0.39 is 25.0 Å². The minimum atomic E-state index is -2.70. The molecule has 2 aromatic rings. The Labute approximate surface area is 165 Å². The predicted octanol–water partition coefficient (Wildman–Crippen LogP) is 3.50. The van der Waals surface area contributed by atoms with Gasteiger partial charge in [-0.05, 0) is 25.1 Å². The molecule has 0 aliphatic heterocycles. The van der Waals surface area contributed by atoms with Crippen molar-refractivity contribution in [1.29, 1.82) is 5.26 Å². The Hall–Kier alpha value is -3.54. The van der Waals surface area contributed by atoms with Crippen LogP contribution >= 0.6 is 0 Å². The molecule has 0 aliphatic rings. The lowest BCUT2D eigenvalue weighted by molar-refractivity contribution is -0.142. The number of carbonyl (C=O) groups excluding carboxylic acids is 2. The topological polar surface area (TPSA) is 98.5 Å². The molecule has 1 heterocycles. The number of alkyl halides is 2. The van der Waals surface area contributed by atoms with E-state index in [1.807, 2.05) is 6.07 Å². The largest absolute Gasteiger partial charge is 0.487 e. The molecule has 0 N–H and O–H groups in total. The number of rotatable bonds is 8. The van der Waals surface area contributed by atoms with E-state index in [-0.39, 0.29) is 47.0 Å². The number of para-hydroxylation sites is 1. The van der Waals surface area contributed by atoms with Crippen molar-refractivity contribution in [3.05, 3.63) is 47.2 Å². The Morgan fingerprint density at radius 3 is 2.59 bits per heavy atom. The second-order valence-electron chi connectivity index (χ2n) is 5.70. The van der Waals surface area contributed by atoms with E-state index in [4.69, 9.17) is 14.2 Å². The molecule has 152 valence electrons. The fraction of sp³-hybridized carbons (Fsp3) is 0.300. The van der Waals surface area contributed by atoms with E-state index in [0.29, 0.717) is 0 Å². The molecule has 7 nitrogen and oxygen atoms in total. The minimum Gasteiger partial charge on any atom is -0.487 e. The number of halogens is 2. The Kier molecular flexibility index (Phi) is 7.60. The maximum absolute atomic E-state index is 12.6. The van der Waals surface area contributed by atoms with Crippen molar-refractivity contribution < 1.29 is 32.6 Å². The van der Waals surface area contributed by atoms with Crippen LogP contribution < -0.4 is 4.74 Å². The summed E-state index contributed by atoms with van der Waals surface area (Å²) in [5.41, 5.74) is 0.263. The number of nitriles is 1. The van der Waals surface area contributed by atoms with E-state index >= 15 is 0 Å². The van der Waals surface area contributed by atoms with E-state index in [1.165, 1.54) is 25.1 Å². The van der Waals surface area contributed by atoms with Crippen LogP contribution in [0.5, 0.6) is 5.75 Å². The van der Waals surface area contributed by atoms with Gasteiger partial charge in [0.15, 0.2) is 0 Å². The highest BCUT2D eigenvalue weighted by atomic mass is 19.3. The monoisotopic (exact) mass is 404 g/mol. The van der Waals surface area contributed by atoms with Crippen molar-refractivity contribution in [2.75, 3.05) is 13.2 Å². The van der Waals surface area contributed by atoms with E-state index in [0.717, 1.165) is 0 Å². The van der Waals surface area contributed by atoms with E-state index in [9.17, 15) is 23.6 Å². The standard InChI is InChI=1S/C20H18F2N2O5/c1-3-27-20(26)15-8-13(10-28-12(2)25)24-19(16(15)9-23)14-6-4-5-7-17(14)29-11-18(21)22/h4-8,18H,3,10-11H2,1-2H3. The van der Waals surface area contributed by atoms with Gasteiger partial charge < -0.3 is 14.2 Å². The van der Waals surface area contributed by atoms with Crippen molar-refractivity contribution in [2.45, 2.75) is 26.9 Å². The molecule has 2 rings (SSSR count). The first-order chi connectivity index (χ1) is 13.9. The van der Waals surface area contributed by atoms with Gasteiger partial charge in [-0.3, -0.25) is 4.79 Å². The Morgan fingerprint density at radius 2 is 1.97 bits per heavy atom. The average molecular weight is 404 g/mol. The van der Waals surface area contributed by atoms with Crippen LogP contribution in [-0.4, -0.2) is 36.6 Å². The molecule has 1 aromatic carbocycles. The molecular formula is C20H18F2N2O5. The maximum atomic E-state index is 12.6. The molecule has 0 saturated heterocycles. The highest BCUT2D eigenvalue weighted by Crippen LogP contribution is 2.33. The highest BCUT2D eigenvalue weighted by Gasteiger charge is 2.23. The van der Waals surface area contributed by atoms with Crippen LogP contribution in [0.15, 0.2) is 30.3 Å². The van der Waals surface area contributed by atoms with Crippen molar-refractivity contribution in [3.8, 4) is 23.1 Å². The first kappa shape index (κ1) is 21.8. The molecule has 0 amide bonds. The molecule has 0 spiro atoms. The number of hydrogen-bond donors (Lipinski definition) is 0. The van der Waals surface area contributed by atoms with Crippen LogP contribution in [0.2, 0.25) is 0 Å². The zero-order chi connectivity index (χ0) is 21.4. The lowest BCUT2D eigenvalue weighted by Gasteiger charge is -2.15. The number of aromatic nitrogens is 1. The number of nitrogens with zero attached hydrogens (tertiary/aromatic N) is 2. The van der Waals surface area contributed by atoms with Gasteiger partial charge in [-0.1, -0.05) is 12.1 Å². The first-order valence-corrected chi connectivity index (χ1v) is 8.62. The Morgan fingerprint density at radius 1 is 1.24 bits per heavy atom. The summed E-state index contributed by atoms with van der Waals surface area (Å²) in [6.45, 7) is 1.80. The lowest BCUT2D eigenvalue weighted by Crippen LogP contribution is -2.12. The van der Waals surface area contributed by atoms with Gasteiger partial charge in [0.05, 0.1) is 29.1 Å². The second kappa shape index (κ2) is 10.1. The van der Waals surface area contributed by atoms with Gasteiger partial charge in [0, 0.05) is 12.5 Å². The number of benzene rings is 1. The molecule has 29 heavy (non-hydrogen) atoms. The molecule has 9 heteroatoms. The van der Waals surface area contributed by atoms with Crippen LogP contribution in [0.25, 0.3) is 11.3 Å². The summed E-state index contributed by atoms with van der Waals surface area (Å²) in [6, 6.07) is 9.36. The summed E-state index contributed by atoms with van der Waals surface area (Å²) in [4.78, 5) is 27.8. The third-order valence-electron chi connectivity index (χ3n) is 3.61. The summed E-state index contributed by atoms with van der Waals surface area (Å²) in [6.07, 6.45) is -2.70. The van der Waals surface area contributed by atoms with E-state index in [1.54, 1.807) is 19.1 Å². The van der Waals surface area contributed by atoms with Crippen LogP contribution in [0.3, 0.4) is 0 Å². The van der Waals surface area contributed by atoms with Crippen LogP contribution in [-0.2, 0) is 20.9 Å². The molecule has 0 aliphatic carbocycles.